The molecule has 4 nitrogen and oxygen atoms in total. The molecule has 0 aliphatic rings. The van der Waals surface area contributed by atoms with Crippen LogP contribution in [0.4, 0.5) is 8.78 Å². The van der Waals surface area contributed by atoms with Crippen LogP contribution < -0.4 is 10.5 Å². The van der Waals surface area contributed by atoms with E-state index in [-0.39, 0.29) is 18.2 Å². The van der Waals surface area contributed by atoms with Gasteiger partial charge in [0.15, 0.2) is 11.6 Å². The SMILES string of the molecule is CCC(CC)NS(=O)(=O)c1cc(CN)cc(F)c1F. The van der Waals surface area contributed by atoms with Crippen LogP contribution >= 0.6 is 0 Å². The van der Waals surface area contributed by atoms with Gasteiger partial charge in [0.1, 0.15) is 4.90 Å². The summed E-state index contributed by atoms with van der Waals surface area (Å²) in [5.41, 5.74) is 5.56. The first-order valence-corrected chi connectivity index (χ1v) is 7.54. The maximum atomic E-state index is 13.6. The summed E-state index contributed by atoms with van der Waals surface area (Å²) in [6, 6.07) is 1.64. The van der Waals surface area contributed by atoms with E-state index >= 15 is 0 Å². The molecule has 0 bridgehead atoms. The summed E-state index contributed by atoms with van der Waals surface area (Å²) in [7, 11) is -4.09. The van der Waals surface area contributed by atoms with Crippen LogP contribution in [0.15, 0.2) is 17.0 Å². The molecule has 7 heteroatoms. The highest BCUT2D eigenvalue weighted by atomic mass is 32.2. The van der Waals surface area contributed by atoms with Gasteiger partial charge in [-0.05, 0) is 30.5 Å². The minimum absolute atomic E-state index is 0.0648. The number of hydrogen-bond acceptors (Lipinski definition) is 3. The van der Waals surface area contributed by atoms with Crippen LogP contribution in [0.5, 0.6) is 0 Å². The van der Waals surface area contributed by atoms with Gasteiger partial charge < -0.3 is 5.73 Å². The molecule has 0 aromatic heterocycles. The van der Waals surface area contributed by atoms with Crippen molar-refractivity contribution in [1.29, 1.82) is 0 Å². The van der Waals surface area contributed by atoms with E-state index in [9.17, 15) is 17.2 Å². The highest BCUT2D eigenvalue weighted by molar-refractivity contribution is 7.89. The maximum Gasteiger partial charge on any atom is 0.243 e. The Morgan fingerprint density at radius 1 is 1.26 bits per heavy atom. The molecule has 0 aliphatic heterocycles. The van der Waals surface area contributed by atoms with Crippen molar-refractivity contribution in [2.24, 2.45) is 5.73 Å². The molecule has 0 fully saturated rings. The number of halogens is 2. The molecule has 0 radical (unpaired) electrons. The van der Waals surface area contributed by atoms with Crippen LogP contribution in [0.1, 0.15) is 32.3 Å². The lowest BCUT2D eigenvalue weighted by atomic mass is 10.2. The second-order valence-electron chi connectivity index (χ2n) is 4.23. The van der Waals surface area contributed by atoms with Crippen molar-refractivity contribution in [3.05, 3.63) is 29.3 Å². The summed E-state index contributed by atoms with van der Waals surface area (Å²) in [5, 5.41) is 0. The standard InChI is InChI=1S/C12H18F2N2O2S/c1-3-9(4-2)16-19(17,18)11-6-8(7-15)5-10(13)12(11)14/h5-6,9,16H,3-4,7,15H2,1-2H3. The second-order valence-corrected chi connectivity index (χ2v) is 5.91. The predicted octanol–water partition coefficient (Wildman–Crippen LogP) is 1.89. The molecule has 0 spiro atoms. The Morgan fingerprint density at radius 3 is 2.32 bits per heavy atom. The third-order valence-corrected chi connectivity index (χ3v) is 4.41. The van der Waals surface area contributed by atoms with E-state index in [4.69, 9.17) is 5.73 Å². The Morgan fingerprint density at radius 2 is 1.84 bits per heavy atom. The van der Waals surface area contributed by atoms with Gasteiger partial charge in [-0.1, -0.05) is 13.8 Å². The summed E-state index contributed by atoms with van der Waals surface area (Å²) in [4.78, 5) is -0.695. The molecule has 108 valence electrons. The maximum absolute atomic E-state index is 13.6. The predicted molar refractivity (Wildman–Crippen MR) is 68.9 cm³/mol. The Hall–Kier alpha value is -1.05. The van der Waals surface area contributed by atoms with E-state index in [1.807, 2.05) is 13.8 Å². The topological polar surface area (TPSA) is 72.2 Å². The lowest BCUT2D eigenvalue weighted by Crippen LogP contribution is -2.34. The van der Waals surface area contributed by atoms with Gasteiger partial charge in [-0.2, -0.15) is 0 Å². The average molecular weight is 292 g/mol. The largest absolute Gasteiger partial charge is 0.326 e. The summed E-state index contributed by atoms with van der Waals surface area (Å²) in [5.74, 6) is -2.59. The lowest BCUT2D eigenvalue weighted by Gasteiger charge is -2.16. The van der Waals surface area contributed by atoms with E-state index in [1.165, 1.54) is 0 Å². The van der Waals surface area contributed by atoms with Crippen LogP contribution in [0.2, 0.25) is 0 Å². The number of sulfonamides is 1. The zero-order valence-electron chi connectivity index (χ0n) is 10.9. The Kier molecular flexibility index (Phi) is 5.39. The van der Waals surface area contributed by atoms with Gasteiger partial charge in [0.2, 0.25) is 10.0 Å². The Balaban J connectivity index is 3.24. The van der Waals surface area contributed by atoms with Crippen molar-refractivity contribution in [3.63, 3.8) is 0 Å². The molecule has 0 heterocycles. The van der Waals surface area contributed by atoms with Crippen molar-refractivity contribution in [1.82, 2.24) is 4.72 Å². The molecule has 1 aromatic carbocycles. The molecule has 19 heavy (non-hydrogen) atoms. The van der Waals surface area contributed by atoms with Gasteiger partial charge in [-0.15, -0.1) is 0 Å². The molecule has 3 N–H and O–H groups in total. The first-order chi connectivity index (χ1) is 8.85. The number of hydrogen-bond donors (Lipinski definition) is 2. The average Bonchev–Trinajstić information content (AvgIpc) is 2.38. The highest BCUT2D eigenvalue weighted by Crippen LogP contribution is 2.20. The minimum Gasteiger partial charge on any atom is -0.326 e. The van der Waals surface area contributed by atoms with Gasteiger partial charge >= 0.3 is 0 Å². The molecule has 0 unspecified atom stereocenters. The zero-order valence-corrected chi connectivity index (χ0v) is 11.7. The molecular weight excluding hydrogens is 274 g/mol. The molecule has 1 rings (SSSR count). The number of nitrogens with one attached hydrogen (secondary N) is 1. The van der Waals surface area contributed by atoms with E-state index in [2.05, 4.69) is 4.72 Å². The summed E-state index contributed by atoms with van der Waals surface area (Å²) < 4.78 is 53.4. The number of benzene rings is 1. The highest BCUT2D eigenvalue weighted by Gasteiger charge is 2.24. The summed E-state index contributed by atoms with van der Waals surface area (Å²) >= 11 is 0. The molecule has 0 atom stereocenters. The lowest BCUT2D eigenvalue weighted by molar-refractivity contribution is 0.476. The monoisotopic (exact) mass is 292 g/mol. The van der Waals surface area contributed by atoms with Crippen LogP contribution in [0, 0.1) is 11.6 Å². The molecule has 0 saturated carbocycles. The molecule has 1 aromatic rings. The number of nitrogens with two attached hydrogens (primary N) is 1. The Bertz CT molecular complexity index is 543. The molecule has 0 aliphatic carbocycles. The number of rotatable bonds is 6. The van der Waals surface area contributed by atoms with Crippen LogP contribution in [0.3, 0.4) is 0 Å². The van der Waals surface area contributed by atoms with Crippen LogP contribution in [-0.4, -0.2) is 14.5 Å². The first kappa shape index (κ1) is 16.0. The van der Waals surface area contributed by atoms with Crippen LogP contribution in [0.25, 0.3) is 0 Å². The fraction of sp³-hybridized carbons (Fsp3) is 0.500. The summed E-state index contributed by atoms with van der Waals surface area (Å²) in [6.45, 7) is 3.55. The van der Waals surface area contributed by atoms with Gasteiger partial charge in [0.25, 0.3) is 0 Å². The van der Waals surface area contributed by atoms with Crippen molar-refractivity contribution < 1.29 is 17.2 Å². The van der Waals surface area contributed by atoms with Crippen molar-refractivity contribution in [3.8, 4) is 0 Å². The Labute approximate surface area is 112 Å². The van der Waals surface area contributed by atoms with E-state index in [1.54, 1.807) is 0 Å². The first-order valence-electron chi connectivity index (χ1n) is 6.06. The van der Waals surface area contributed by atoms with Crippen molar-refractivity contribution >= 4 is 10.0 Å². The smallest absolute Gasteiger partial charge is 0.243 e. The van der Waals surface area contributed by atoms with Crippen molar-refractivity contribution in [2.75, 3.05) is 0 Å². The van der Waals surface area contributed by atoms with E-state index < -0.39 is 26.6 Å². The van der Waals surface area contributed by atoms with E-state index in [0.29, 0.717) is 12.8 Å². The zero-order chi connectivity index (χ0) is 14.6. The second kappa shape index (κ2) is 6.40. The quantitative estimate of drug-likeness (QED) is 0.841. The third kappa shape index (κ3) is 3.71. The molecule has 0 amide bonds. The molecule has 0 saturated heterocycles. The van der Waals surface area contributed by atoms with Crippen molar-refractivity contribution in [2.45, 2.75) is 44.2 Å². The fourth-order valence-electron chi connectivity index (χ4n) is 1.67. The fourth-order valence-corrected chi connectivity index (χ4v) is 3.21. The van der Waals surface area contributed by atoms with Crippen LogP contribution in [-0.2, 0) is 16.6 Å². The van der Waals surface area contributed by atoms with Gasteiger partial charge in [-0.25, -0.2) is 21.9 Å². The summed E-state index contributed by atoms with van der Waals surface area (Å²) in [6.07, 6.45) is 1.13. The normalized spacial score (nSPS) is 12.1. The third-order valence-electron chi connectivity index (χ3n) is 2.89. The molecular formula is C12H18F2N2O2S. The van der Waals surface area contributed by atoms with Gasteiger partial charge in [0, 0.05) is 12.6 Å². The van der Waals surface area contributed by atoms with Gasteiger partial charge in [-0.3, -0.25) is 0 Å². The van der Waals surface area contributed by atoms with Gasteiger partial charge in [0.05, 0.1) is 0 Å². The minimum atomic E-state index is -4.09. The van der Waals surface area contributed by atoms with E-state index in [0.717, 1.165) is 12.1 Å².